The van der Waals surface area contributed by atoms with Gasteiger partial charge in [-0.15, -0.1) is 0 Å². The Morgan fingerprint density at radius 1 is 1.00 bits per heavy atom. The van der Waals surface area contributed by atoms with Crippen LogP contribution in [0.4, 0.5) is 0 Å². The molecule has 0 bridgehead atoms. The van der Waals surface area contributed by atoms with E-state index in [9.17, 15) is 14.4 Å². The molecule has 0 aliphatic carbocycles. The largest absolute Gasteiger partial charge is 0.494 e. The molecule has 1 aliphatic heterocycles. The Kier molecular flexibility index (Phi) is 8.00. The van der Waals surface area contributed by atoms with Crippen LogP contribution in [0.2, 0.25) is 0 Å². The van der Waals surface area contributed by atoms with Gasteiger partial charge >= 0.3 is 5.97 Å². The van der Waals surface area contributed by atoms with Gasteiger partial charge in [0.1, 0.15) is 5.75 Å². The Morgan fingerprint density at radius 3 is 2.48 bits per heavy atom. The van der Waals surface area contributed by atoms with E-state index in [2.05, 4.69) is 22.9 Å². The Balaban J connectivity index is 1.41. The van der Waals surface area contributed by atoms with E-state index in [1.807, 2.05) is 24.3 Å². The highest BCUT2D eigenvalue weighted by Crippen LogP contribution is 2.26. The van der Waals surface area contributed by atoms with E-state index in [1.165, 1.54) is 11.0 Å². The molecule has 1 heterocycles. The number of imide groups is 1. The summed E-state index contributed by atoms with van der Waals surface area (Å²) in [6.07, 6.45) is 5.49. The molecule has 2 amide bonds. The first kappa shape index (κ1) is 22.7. The first-order valence-corrected chi connectivity index (χ1v) is 11.0. The first-order valence-electron chi connectivity index (χ1n) is 10.2. The van der Waals surface area contributed by atoms with Crippen molar-refractivity contribution in [2.75, 3.05) is 19.8 Å². The van der Waals surface area contributed by atoms with Crippen LogP contribution in [-0.2, 0) is 9.53 Å². The number of halogens is 1. The van der Waals surface area contributed by atoms with Gasteiger partial charge in [-0.1, -0.05) is 41.4 Å². The molecule has 31 heavy (non-hydrogen) atoms. The van der Waals surface area contributed by atoms with Crippen LogP contribution in [0.3, 0.4) is 0 Å². The number of unbranched alkanes of at least 4 members (excludes halogenated alkanes) is 1. The van der Waals surface area contributed by atoms with Gasteiger partial charge in [0.25, 0.3) is 11.8 Å². The monoisotopic (exact) mass is 485 g/mol. The molecule has 7 heteroatoms. The van der Waals surface area contributed by atoms with Gasteiger partial charge in [-0.3, -0.25) is 14.5 Å². The molecule has 0 saturated carbocycles. The lowest BCUT2D eigenvalue weighted by molar-refractivity contribution is -0.137. The number of nitrogens with zero attached hydrogens (tertiary/aromatic N) is 1. The normalized spacial score (nSPS) is 13.0. The molecular weight excluding hydrogens is 462 g/mol. The molecule has 0 fully saturated rings. The van der Waals surface area contributed by atoms with Crippen molar-refractivity contribution in [3.05, 3.63) is 69.7 Å². The first-order chi connectivity index (χ1) is 15.0. The lowest BCUT2D eigenvalue weighted by Crippen LogP contribution is -2.31. The molecule has 0 aromatic heterocycles. The minimum absolute atomic E-state index is 0.116. The fourth-order valence-electron chi connectivity index (χ4n) is 3.08. The van der Waals surface area contributed by atoms with E-state index in [0.717, 1.165) is 28.6 Å². The van der Waals surface area contributed by atoms with Crippen LogP contribution in [0.25, 0.3) is 6.08 Å². The maximum Gasteiger partial charge on any atom is 0.330 e. The molecular formula is C24H24BrNO5. The van der Waals surface area contributed by atoms with Crippen LogP contribution < -0.4 is 4.74 Å². The van der Waals surface area contributed by atoms with Crippen molar-refractivity contribution in [3.63, 3.8) is 0 Å². The highest BCUT2D eigenvalue weighted by Gasteiger charge is 2.35. The number of carbonyl (C=O) groups is 3. The number of amides is 2. The molecule has 0 radical (unpaired) electrons. The van der Waals surface area contributed by atoms with E-state index in [0.29, 0.717) is 24.2 Å². The molecule has 0 atom stereocenters. The van der Waals surface area contributed by atoms with Crippen molar-refractivity contribution in [2.45, 2.75) is 26.2 Å². The summed E-state index contributed by atoms with van der Waals surface area (Å²) in [5.74, 6) is -0.321. The van der Waals surface area contributed by atoms with Gasteiger partial charge in [-0.05, 0) is 54.8 Å². The molecule has 2 aromatic rings. The molecule has 162 valence electrons. The van der Waals surface area contributed by atoms with Crippen LogP contribution >= 0.6 is 15.9 Å². The topological polar surface area (TPSA) is 72.9 Å². The van der Waals surface area contributed by atoms with Crippen LogP contribution in [0.5, 0.6) is 5.75 Å². The van der Waals surface area contributed by atoms with Crippen LogP contribution in [0.15, 0.2) is 53.0 Å². The summed E-state index contributed by atoms with van der Waals surface area (Å²) < 4.78 is 11.5. The van der Waals surface area contributed by atoms with Gasteiger partial charge in [0.05, 0.1) is 24.3 Å². The summed E-state index contributed by atoms with van der Waals surface area (Å²) in [4.78, 5) is 37.9. The van der Waals surface area contributed by atoms with Gasteiger partial charge in [0.15, 0.2) is 0 Å². The molecule has 3 rings (SSSR count). The maximum absolute atomic E-state index is 12.4. The second-order valence-corrected chi connectivity index (χ2v) is 7.99. The third kappa shape index (κ3) is 6.04. The van der Waals surface area contributed by atoms with Gasteiger partial charge < -0.3 is 9.47 Å². The number of fused-ring (bicyclic) bond motifs is 1. The van der Waals surface area contributed by atoms with E-state index in [4.69, 9.17) is 9.47 Å². The number of benzene rings is 2. The van der Waals surface area contributed by atoms with Gasteiger partial charge in [-0.25, -0.2) is 4.79 Å². The number of carbonyl (C=O) groups excluding carboxylic acids is 3. The van der Waals surface area contributed by atoms with Crippen molar-refractivity contribution < 1.29 is 23.9 Å². The molecule has 0 saturated heterocycles. The molecule has 6 nitrogen and oxygen atoms in total. The van der Waals surface area contributed by atoms with Crippen LogP contribution in [0, 0.1) is 0 Å². The van der Waals surface area contributed by atoms with E-state index in [1.54, 1.807) is 24.3 Å². The van der Waals surface area contributed by atoms with E-state index in [-0.39, 0.29) is 25.0 Å². The highest BCUT2D eigenvalue weighted by molar-refractivity contribution is 9.10. The lowest BCUT2D eigenvalue weighted by atomic mass is 10.1. The summed E-state index contributed by atoms with van der Waals surface area (Å²) in [7, 11) is 0. The minimum atomic E-state index is -0.477. The van der Waals surface area contributed by atoms with Gasteiger partial charge in [0.2, 0.25) is 0 Å². The van der Waals surface area contributed by atoms with Crippen molar-refractivity contribution in [1.82, 2.24) is 4.90 Å². The zero-order valence-electron chi connectivity index (χ0n) is 17.3. The average molecular weight is 486 g/mol. The van der Waals surface area contributed by atoms with Crippen molar-refractivity contribution >= 4 is 39.8 Å². The smallest absolute Gasteiger partial charge is 0.330 e. The Morgan fingerprint density at radius 2 is 1.74 bits per heavy atom. The van der Waals surface area contributed by atoms with Crippen LogP contribution in [0.1, 0.15) is 52.5 Å². The highest BCUT2D eigenvalue weighted by atomic mass is 79.9. The third-order valence-corrected chi connectivity index (χ3v) is 5.25. The third-order valence-electron chi connectivity index (χ3n) is 4.76. The summed E-state index contributed by atoms with van der Waals surface area (Å²) in [5.41, 5.74) is 1.65. The van der Waals surface area contributed by atoms with Gasteiger partial charge in [-0.2, -0.15) is 0 Å². The lowest BCUT2D eigenvalue weighted by Gasteiger charge is -2.13. The van der Waals surface area contributed by atoms with E-state index >= 15 is 0 Å². The zero-order chi connectivity index (χ0) is 22.2. The van der Waals surface area contributed by atoms with Crippen molar-refractivity contribution in [2.24, 2.45) is 0 Å². The second-order valence-electron chi connectivity index (χ2n) is 7.08. The second kappa shape index (κ2) is 10.9. The summed E-state index contributed by atoms with van der Waals surface area (Å²) >= 11 is 3.31. The predicted molar refractivity (Wildman–Crippen MR) is 121 cm³/mol. The molecule has 0 N–H and O–H groups in total. The number of hydrogen-bond acceptors (Lipinski definition) is 5. The number of hydrogen-bond donors (Lipinski definition) is 0. The Bertz CT molecular complexity index is 984. The Labute approximate surface area is 190 Å². The SMILES string of the molecule is CCCCOc1ccc(/C=C/C(=O)OCCCN2C(=O)c3ccc(Br)cc3C2=O)cc1. The molecule has 0 unspecified atom stereocenters. The molecule has 1 aliphatic rings. The summed E-state index contributed by atoms with van der Waals surface area (Å²) in [5, 5.41) is 0. The molecule has 0 spiro atoms. The quantitative estimate of drug-likeness (QED) is 0.207. The minimum Gasteiger partial charge on any atom is -0.494 e. The van der Waals surface area contributed by atoms with Crippen LogP contribution in [-0.4, -0.2) is 42.4 Å². The standard InChI is InChI=1S/C24H24BrNO5/c1-2-3-14-30-19-9-5-17(6-10-19)7-12-22(27)31-15-4-13-26-23(28)20-11-8-18(25)16-21(20)24(26)29/h5-12,16H,2-4,13-15H2,1H3/b12-7+. The number of esters is 1. The zero-order valence-corrected chi connectivity index (χ0v) is 18.9. The number of rotatable bonds is 10. The number of ether oxygens (including phenoxy) is 2. The van der Waals surface area contributed by atoms with Gasteiger partial charge in [0, 0.05) is 17.1 Å². The summed E-state index contributed by atoms with van der Waals surface area (Å²) in [6, 6.07) is 12.5. The summed E-state index contributed by atoms with van der Waals surface area (Å²) in [6.45, 7) is 3.11. The maximum atomic E-state index is 12.4. The fourth-order valence-corrected chi connectivity index (χ4v) is 3.44. The van der Waals surface area contributed by atoms with E-state index < -0.39 is 5.97 Å². The average Bonchev–Trinajstić information content (AvgIpc) is 3.00. The Hall–Kier alpha value is -2.93. The van der Waals surface area contributed by atoms with Crippen molar-refractivity contribution in [1.29, 1.82) is 0 Å². The van der Waals surface area contributed by atoms with Crippen molar-refractivity contribution in [3.8, 4) is 5.75 Å². The predicted octanol–water partition coefficient (Wildman–Crippen LogP) is 4.87. The molecule has 2 aromatic carbocycles. The fraction of sp³-hybridized carbons (Fsp3) is 0.292.